The van der Waals surface area contributed by atoms with E-state index in [0.717, 1.165) is 5.56 Å². The number of nitro groups is 1. The van der Waals surface area contributed by atoms with Crippen LogP contribution in [0.2, 0.25) is 5.02 Å². The maximum absolute atomic E-state index is 11.3. The second-order valence-corrected chi connectivity index (χ2v) is 5.96. The Bertz CT molecular complexity index is 953. The van der Waals surface area contributed by atoms with Crippen LogP contribution in [0.15, 0.2) is 54.6 Å². The molecule has 8 nitrogen and oxygen atoms in total. The number of anilines is 3. The van der Waals surface area contributed by atoms with Gasteiger partial charge in [-0.15, -0.1) is 0 Å². The highest BCUT2D eigenvalue weighted by molar-refractivity contribution is 6.31. The molecule has 0 saturated heterocycles. The average molecular weight is 386 g/mol. The molecular weight excluding hydrogens is 370 g/mol. The minimum atomic E-state index is -0.497. The van der Waals surface area contributed by atoms with Gasteiger partial charge in [-0.2, -0.15) is 4.98 Å². The first-order valence-electron chi connectivity index (χ1n) is 8.07. The number of aliphatic hydroxyl groups is 1. The van der Waals surface area contributed by atoms with E-state index in [4.69, 9.17) is 16.7 Å². The fourth-order valence-corrected chi connectivity index (χ4v) is 2.59. The van der Waals surface area contributed by atoms with Crippen molar-refractivity contribution < 1.29 is 10.0 Å². The van der Waals surface area contributed by atoms with Crippen molar-refractivity contribution in [2.75, 3.05) is 23.8 Å². The summed E-state index contributed by atoms with van der Waals surface area (Å²) in [7, 11) is 0. The molecule has 0 amide bonds. The van der Waals surface area contributed by atoms with E-state index in [1.807, 2.05) is 30.3 Å². The third-order valence-electron chi connectivity index (χ3n) is 3.61. The molecular formula is C18H16ClN5O3. The third-order valence-corrected chi connectivity index (χ3v) is 3.84. The van der Waals surface area contributed by atoms with Crippen molar-refractivity contribution in [1.29, 1.82) is 0 Å². The topological polar surface area (TPSA) is 113 Å². The molecule has 3 rings (SSSR count). The monoisotopic (exact) mass is 385 g/mol. The number of nitrogens with zero attached hydrogens (tertiary/aromatic N) is 3. The predicted octanol–water partition coefficient (Wildman–Crippen LogP) is 3.85. The van der Waals surface area contributed by atoms with Crippen molar-refractivity contribution in [2.24, 2.45) is 0 Å². The summed E-state index contributed by atoms with van der Waals surface area (Å²) in [5, 5.41) is 26.5. The van der Waals surface area contributed by atoms with E-state index >= 15 is 0 Å². The van der Waals surface area contributed by atoms with Gasteiger partial charge in [-0.05, 0) is 12.1 Å². The van der Waals surface area contributed by atoms with E-state index in [1.54, 1.807) is 6.07 Å². The molecule has 0 unspecified atom stereocenters. The van der Waals surface area contributed by atoms with Crippen LogP contribution >= 0.6 is 11.6 Å². The molecule has 1 aromatic heterocycles. The number of nitro benzene ring substituents is 1. The summed E-state index contributed by atoms with van der Waals surface area (Å²) in [6.07, 6.45) is 0. The van der Waals surface area contributed by atoms with E-state index < -0.39 is 4.92 Å². The summed E-state index contributed by atoms with van der Waals surface area (Å²) in [6.45, 7) is 0.191. The molecule has 3 N–H and O–H groups in total. The Hall–Kier alpha value is -3.23. The molecule has 1 heterocycles. The first-order valence-corrected chi connectivity index (χ1v) is 8.45. The lowest BCUT2D eigenvalue weighted by Gasteiger charge is -2.11. The summed E-state index contributed by atoms with van der Waals surface area (Å²) in [6, 6.07) is 15.4. The maximum atomic E-state index is 11.3. The average Bonchev–Trinajstić information content (AvgIpc) is 2.66. The van der Waals surface area contributed by atoms with E-state index in [9.17, 15) is 10.1 Å². The summed E-state index contributed by atoms with van der Waals surface area (Å²) < 4.78 is 0. The lowest BCUT2D eigenvalue weighted by atomic mass is 10.1. The standard InChI is InChI=1S/C18H16ClN5O3/c19-13-6-7-16(24(26)27)15(10-13)21-17-11-14(12-4-2-1-3-5-12)22-18(23-17)20-8-9-25/h1-7,10-11,25H,8-9H2,(H2,20,21,22,23). The maximum Gasteiger partial charge on any atom is 0.292 e. The van der Waals surface area contributed by atoms with Crippen LogP contribution in [0.4, 0.5) is 23.1 Å². The van der Waals surface area contributed by atoms with Gasteiger partial charge in [-0.3, -0.25) is 10.1 Å². The Kier molecular flexibility index (Phi) is 5.80. The van der Waals surface area contributed by atoms with Crippen LogP contribution in [0.25, 0.3) is 11.3 Å². The molecule has 0 radical (unpaired) electrons. The molecule has 0 saturated carbocycles. The largest absolute Gasteiger partial charge is 0.395 e. The minimum absolute atomic E-state index is 0.0819. The zero-order chi connectivity index (χ0) is 19.2. The van der Waals surface area contributed by atoms with E-state index in [1.165, 1.54) is 18.2 Å². The molecule has 0 aliphatic heterocycles. The van der Waals surface area contributed by atoms with Crippen molar-refractivity contribution in [3.05, 3.63) is 69.7 Å². The lowest BCUT2D eigenvalue weighted by molar-refractivity contribution is -0.383. The Morgan fingerprint density at radius 2 is 1.89 bits per heavy atom. The molecule has 0 aliphatic carbocycles. The fourth-order valence-electron chi connectivity index (χ4n) is 2.42. The zero-order valence-corrected chi connectivity index (χ0v) is 14.8. The number of benzene rings is 2. The molecule has 27 heavy (non-hydrogen) atoms. The van der Waals surface area contributed by atoms with Crippen molar-refractivity contribution in [3.63, 3.8) is 0 Å². The molecule has 3 aromatic rings. The molecule has 9 heteroatoms. The summed E-state index contributed by atoms with van der Waals surface area (Å²) in [5.41, 5.74) is 1.58. The summed E-state index contributed by atoms with van der Waals surface area (Å²) in [4.78, 5) is 19.5. The molecule has 0 atom stereocenters. The molecule has 2 aromatic carbocycles. The van der Waals surface area contributed by atoms with Crippen LogP contribution in [0.3, 0.4) is 0 Å². The Morgan fingerprint density at radius 3 is 2.59 bits per heavy atom. The Labute approximate surface area is 160 Å². The highest BCUT2D eigenvalue weighted by Crippen LogP contribution is 2.31. The van der Waals surface area contributed by atoms with Gasteiger partial charge in [0.05, 0.1) is 17.2 Å². The first-order chi connectivity index (χ1) is 13.1. The number of halogens is 1. The number of aliphatic hydroxyl groups excluding tert-OH is 1. The van der Waals surface area contributed by atoms with Crippen molar-refractivity contribution in [1.82, 2.24) is 9.97 Å². The van der Waals surface area contributed by atoms with Gasteiger partial charge in [0.15, 0.2) is 0 Å². The number of hydrogen-bond acceptors (Lipinski definition) is 7. The highest BCUT2D eigenvalue weighted by Gasteiger charge is 2.16. The van der Waals surface area contributed by atoms with E-state index in [0.29, 0.717) is 16.5 Å². The lowest BCUT2D eigenvalue weighted by Crippen LogP contribution is -2.10. The van der Waals surface area contributed by atoms with Crippen molar-refractivity contribution >= 4 is 34.7 Å². The highest BCUT2D eigenvalue weighted by atomic mass is 35.5. The second-order valence-electron chi connectivity index (χ2n) is 5.52. The van der Waals surface area contributed by atoms with Gasteiger partial charge in [0.25, 0.3) is 5.69 Å². The normalized spacial score (nSPS) is 10.4. The van der Waals surface area contributed by atoms with Crippen molar-refractivity contribution in [2.45, 2.75) is 0 Å². The van der Waals surface area contributed by atoms with Gasteiger partial charge >= 0.3 is 0 Å². The Morgan fingerprint density at radius 1 is 1.11 bits per heavy atom. The van der Waals surface area contributed by atoms with Gasteiger partial charge in [0.2, 0.25) is 5.95 Å². The molecule has 0 fully saturated rings. The first kappa shape index (κ1) is 18.6. The van der Waals surface area contributed by atoms with Gasteiger partial charge in [-0.1, -0.05) is 41.9 Å². The van der Waals surface area contributed by atoms with Crippen LogP contribution in [-0.4, -0.2) is 33.1 Å². The summed E-state index contributed by atoms with van der Waals surface area (Å²) >= 11 is 5.98. The number of nitrogens with one attached hydrogen (secondary N) is 2. The molecule has 0 spiro atoms. The zero-order valence-electron chi connectivity index (χ0n) is 14.1. The van der Waals surface area contributed by atoms with Crippen molar-refractivity contribution in [3.8, 4) is 11.3 Å². The SMILES string of the molecule is O=[N+]([O-])c1ccc(Cl)cc1Nc1cc(-c2ccccc2)nc(NCCO)n1. The van der Waals surface area contributed by atoms with Gasteiger partial charge in [-0.25, -0.2) is 4.98 Å². The van der Waals surface area contributed by atoms with Gasteiger partial charge in [0.1, 0.15) is 11.5 Å². The predicted molar refractivity (Wildman–Crippen MR) is 104 cm³/mol. The van der Waals surface area contributed by atoms with Crippen LogP contribution in [0, 0.1) is 10.1 Å². The van der Waals surface area contributed by atoms with Gasteiger partial charge in [0, 0.05) is 29.3 Å². The smallest absolute Gasteiger partial charge is 0.292 e. The van der Waals surface area contributed by atoms with Crippen LogP contribution in [0.1, 0.15) is 0 Å². The van der Waals surface area contributed by atoms with Gasteiger partial charge < -0.3 is 15.7 Å². The molecule has 138 valence electrons. The summed E-state index contributed by atoms with van der Waals surface area (Å²) in [5.74, 6) is 0.646. The number of hydrogen-bond donors (Lipinski definition) is 3. The Balaban J connectivity index is 2.02. The van der Waals surface area contributed by atoms with Crippen LogP contribution in [-0.2, 0) is 0 Å². The second kappa shape index (κ2) is 8.43. The van der Waals surface area contributed by atoms with E-state index in [2.05, 4.69) is 20.6 Å². The number of rotatable bonds is 7. The van der Waals surface area contributed by atoms with Crippen LogP contribution in [0.5, 0.6) is 0 Å². The number of aromatic nitrogens is 2. The fraction of sp³-hybridized carbons (Fsp3) is 0.111. The van der Waals surface area contributed by atoms with Crippen LogP contribution < -0.4 is 10.6 Å². The molecule has 0 aliphatic rings. The molecule has 0 bridgehead atoms. The third kappa shape index (κ3) is 4.69. The van der Waals surface area contributed by atoms with E-state index in [-0.39, 0.29) is 30.5 Å². The minimum Gasteiger partial charge on any atom is -0.395 e. The quantitative estimate of drug-likeness (QED) is 0.418.